The number of thiophene rings is 1. The molecular formula is C23H33NO3S. The van der Waals surface area contributed by atoms with Crippen LogP contribution in [0.25, 0.3) is 0 Å². The van der Waals surface area contributed by atoms with E-state index in [1.807, 2.05) is 26.0 Å². The normalized spacial score (nSPS) is 12.3. The molecule has 0 aliphatic carbocycles. The van der Waals surface area contributed by atoms with Gasteiger partial charge in [-0.25, -0.2) is 0 Å². The summed E-state index contributed by atoms with van der Waals surface area (Å²) < 4.78 is 5.71. The maximum Gasteiger partial charge on any atom is 0.261 e. The highest BCUT2D eigenvalue weighted by Gasteiger charge is 2.16. The molecule has 0 saturated heterocycles. The van der Waals surface area contributed by atoms with E-state index in [1.54, 1.807) is 18.3 Å². The van der Waals surface area contributed by atoms with E-state index in [2.05, 4.69) is 32.2 Å². The Bertz CT molecular complexity index is 785. The highest BCUT2D eigenvalue weighted by molar-refractivity contribution is 7.14. The molecule has 0 aliphatic rings. The largest absolute Gasteiger partial charge is 0.490 e. The van der Waals surface area contributed by atoms with Gasteiger partial charge in [0.05, 0.1) is 11.0 Å². The van der Waals surface area contributed by atoms with E-state index in [1.165, 1.54) is 4.88 Å². The van der Waals surface area contributed by atoms with Crippen LogP contribution in [0.15, 0.2) is 18.2 Å². The molecule has 2 aromatic rings. The zero-order valence-electron chi connectivity index (χ0n) is 17.9. The molecular weight excluding hydrogens is 370 g/mol. The summed E-state index contributed by atoms with van der Waals surface area (Å²) in [6.45, 7) is 12.9. The predicted octanol–water partition coefficient (Wildman–Crippen LogP) is 4.95. The molecule has 28 heavy (non-hydrogen) atoms. The highest BCUT2D eigenvalue weighted by atomic mass is 32.1. The Labute approximate surface area is 172 Å². The first-order valence-electron chi connectivity index (χ1n) is 9.95. The summed E-state index contributed by atoms with van der Waals surface area (Å²) in [4.78, 5) is 14.8. The number of aliphatic hydroxyl groups is 1. The van der Waals surface area contributed by atoms with Crippen LogP contribution in [0, 0.1) is 26.7 Å². The van der Waals surface area contributed by atoms with Gasteiger partial charge in [0.1, 0.15) is 12.4 Å². The quantitative estimate of drug-likeness (QED) is 0.623. The third-order valence-corrected chi connectivity index (χ3v) is 5.66. The average Bonchev–Trinajstić information content (AvgIpc) is 2.97. The maximum atomic E-state index is 12.8. The summed E-state index contributed by atoms with van der Waals surface area (Å²) in [6, 6.07) is 6.21. The fraction of sp³-hybridized carbons (Fsp3) is 0.522. The Morgan fingerprint density at radius 1 is 1.14 bits per heavy atom. The van der Waals surface area contributed by atoms with Crippen LogP contribution in [-0.4, -0.2) is 23.7 Å². The van der Waals surface area contributed by atoms with E-state index in [0.29, 0.717) is 12.5 Å². The number of benzene rings is 1. The second kappa shape index (κ2) is 10.1. The van der Waals surface area contributed by atoms with Crippen molar-refractivity contribution in [3.63, 3.8) is 0 Å². The Morgan fingerprint density at radius 3 is 2.36 bits per heavy atom. The van der Waals surface area contributed by atoms with Gasteiger partial charge in [0, 0.05) is 11.4 Å². The first kappa shape index (κ1) is 22.4. The van der Waals surface area contributed by atoms with E-state index in [0.717, 1.165) is 45.7 Å². The van der Waals surface area contributed by atoms with Crippen molar-refractivity contribution in [2.45, 2.75) is 67.0 Å². The number of nitrogens with one attached hydrogen (secondary N) is 1. The van der Waals surface area contributed by atoms with Crippen molar-refractivity contribution in [3.05, 3.63) is 50.2 Å². The smallest absolute Gasteiger partial charge is 0.261 e. The molecule has 0 bridgehead atoms. The molecule has 0 aliphatic heterocycles. The molecule has 1 unspecified atom stereocenters. The molecule has 2 N–H and O–H groups in total. The lowest BCUT2D eigenvalue weighted by molar-refractivity contribution is 0.0954. The number of ether oxygens (including phenoxy) is 1. The standard InChI is InChI=1S/C23H33NO3S/c1-14(2)7-8-20-11-18(6)28-22(20)23(26)24-12-19-9-15(3)21(16(4)10-19)27-13-17(5)25/h9-11,14,17,25H,7-8,12-13H2,1-6H3,(H,24,26). The summed E-state index contributed by atoms with van der Waals surface area (Å²) in [7, 11) is 0. The van der Waals surface area contributed by atoms with E-state index >= 15 is 0 Å². The van der Waals surface area contributed by atoms with Gasteiger partial charge in [-0.1, -0.05) is 26.0 Å². The molecule has 2 rings (SSSR count). The highest BCUT2D eigenvalue weighted by Crippen LogP contribution is 2.26. The number of hydrogen-bond acceptors (Lipinski definition) is 4. The minimum Gasteiger partial charge on any atom is -0.490 e. The molecule has 0 radical (unpaired) electrons. The van der Waals surface area contributed by atoms with Gasteiger partial charge in [-0.05, 0) is 74.8 Å². The van der Waals surface area contributed by atoms with Crippen molar-refractivity contribution < 1.29 is 14.6 Å². The lowest BCUT2D eigenvalue weighted by Gasteiger charge is -2.15. The fourth-order valence-electron chi connectivity index (χ4n) is 3.23. The second-order valence-corrected chi connectivity index (χ2v) is 9.30. The Morgan fingerprint density at radius 2 is 1.79 bits per heavy atom. The van der Waals surface area contributed by atoms with Crippen molar-refractivity contribution in [2.24, 2.45) is 5.92 Å². The van der Waals surface area contributed by atoms with Gasteiger partial charge < -0.3 is 15.2 Å². The summed E-state index contributed by atoms with van der Waals surface area (Å²) in [5, 5.41) is 12.5. The lowest BCUT2D eigenvalue weighted by atomic mass is 10.0. The Balaban J connectivity index is 2.05. The molecule has 0 spiro atoms. The lowest BCUT2D eigenvalue weighted by Crippen LogP contribution is -2.23. The van der Waals surface area contributed by atoms with Gasteiger partial charge in [-0.3, -0.25) is 4.79 Å². The van der Waals surface area contributed by atoms with Crippen molar-refractivity contribution >= 4 is 17.2 Å². The predicted molar refractivity (Wildman–Crippen MR) is 116 cm³/mol. The first-order valence-corrected chi connectivity index (χ1v) is 10.8. The molecule has 1 aromatic heterocycles. The van der Waals surface area contributed by atoms with Crippen molar-refractivity contribution in [1.29, 1.82) is 0 Å². The number of carbonyl (C=O) groups is 1. The number of aryl methyl sites for hydroxylation is 4. The van der Waals surface area contributed by atoms with Crippen molar-refractivity contribution in [2.75, 3.05) is 6.61 Å². The number of rotatable bonds is 9. The molecule has 5 heteroatoms. The molecule has 4 nitrogen and oxygen atoms in total. The number of aliphatic hydroxyl groups excluding tert-OH is 1. The first-order chi connectivity index (χ1) is 13.2. The number of carbonyl (C=O) groups excluding carboxylic acids is 1. The topological polar surface area (TPSA) is 58.6 Å². The van der Waals surface area contributed by atoms with E-state index in [9.17, 15) is 9.90 Å². The van der Waals surface area contributed by atoms with Crippen LogP contribution >= 0.6 is 11.3 Å². The van der Waals surface area contributed by atoms with Crippen LogP contribution in [0.1, 0.15) is 64.0 Å². The van der Waals surface area contributed by atoms with E-state index < -0.39 is 6.10 Å². The van der Waals surface area contributed by atoms with Gasteiger partial charge in [0.25, 0.3) is 5.91 Å². The summed E-state index contributed by atoms with van der Waals surface area (Å²) in [5.74, 6) is 1.43. The zero-order valence-corrected chi connectivity index (χ0v) is 18.7. The van der Waals surface area contributed by atoms with Crippen molar-refractivity contribution in [1.82, 2.24) is 5.32 Å². The molecule has 154 valence electrons. The van der Waals surface area contributed by atoms with Crippen molar-refractivity contribution in [3.8, 4) is 5.75 Å². The van der Waals surface area contributed by atoms with Crippen LogP contribution in [0.2, 0.25) is 0 Å². The van der Waals surface area contributed by atoms with Gasteiger partial charge in [0.2, 0.25) is 0 Å². The van der Waals surface area contributed by atoms with Crippen LogP contribution in [0.4, 0.5) is 0 Å². The number of amides is 1. The van der Waals surface area contributed by atoms with Crippen LogP contribution in [0.5, 0.6) is 5.75 Å². The Kier molecular flexibility index (Phi) is 8.08. The molecule has 1 aromatic carbocycles. The molecule has 1 amide bonds. The summed E-state index contributed by atoms with van der Waals surface area (Å²) in [6.07, 6.45) is 1.53. The third-order valence-electron chi connectivity index (χ3n) is 4.57. The molecule has 1 heterocycles. The Hall–Kier alpha value is -1.85. The minimum atomic E-state index is -0.503. The van der Waals surface area contributed by atoms with Gasteiger partial charge in [-0.2, -0.15) is 0 Å². The molecule has 1 atom stereocenters. The van der Waals surface area contributed by atoms with Crippen LogP contribution in [-0.2, 0) is 13.0 Å². The minimum absolute atomic E-state index is 0.00148. The van der Waals surface area contributed by atoms with E-state index in [4.69, 9.17) is 4.74 Å². The number of hydrogen-bond donors (Lipinski definition) is 2. The average molecular weight is 404 g/mol. The SMILES string of the molecule is Cc1cc(CCC(C)C)c(C(=O)NCc2cc(C)c(OCC(C)O)c(C)c2)s1. The summed E-state index contributed by atoms with van der Waals surface area (Å²) in [5.41, 5.74) is 4.22. The van der Waals surface area contributed by atoms with Gasteiger partial charge in [0.15, 0.2) is 0 Å². The third kappa shape index (κ3) is 6.35. The second-order valence-electron chi connectivity index (χ2n) is 8.05. The van der Waals surface area contributed by atoms with E-state index in [-0.39, 0.29) is 12.5 Å². The maximum absolute atomic E-state index is 12.8. The zero-order chi connectivity index (χ0) is 20.8. The molecule has 0 fully saturated rings. The van der Waals surface area contributed by atoms with Crippen LogP contribution < -0.4 is 10.1 Å². The van der Waals surface area contributed by atoms with Gasteiger partial charge >= 0.3 is 0 Å². The molecule has 0 saturated carbocycles. The summed E-state index contributed by atoms with van der Waals surface area (Å²) >= 11 is 1.57. The monoisotopic (exact) mass is 403 g/mol. The van der Waals surface area contributed by atoms with Gasteiger partial charge in [-0.15, -0.1) is 11.3 Å². The fourth-order valence-corrected chi connectivity index (χ4v) is 4.21. The van der Waals surface area contributed by atoms with Crippen LogP contribution in [0.3, 0.4) is 0 Å².